The second-order valence-corrected chi connectivity index (χ2v) is 5.66. The molecule has 0 saturated heterocycles. The summed E-state index contributed by atoms with van der Waals surface area (Å²) in [6.45, 7) is 1.66. The van der Waals surface area contributed by atoms with Crippen molar-refractivity contribution in [1.29, 1.82) is 0 Å². The Balaban J connectivity index is 1.69. The minimum absolute atomic E-state index is 0.228. The second kappa shape index (κ2) is 6.53. The van der Waals surface area contributed by atoms with Gasteiger partial charge in [-0.15, -0.1) is 21.5 Å². The van der Waals surface area contributed by atoms with Gasteiger partial charge in [-0.2, -0.15) is 0 Å². The lowest BCUT2D eigenvalue weighted by Gasteiger charge is -2.09. The molecule has 7 heteroatoms. The average molecular weight is 328 g/mol. The van der Waals surface area contributed by atoms with Crippen LogP contribution in [0.4, 0.5) is 0 Å². The van der Waals surface area contributed by atoms with Crippen LogP contribution in [0.15, 0.2) is 46.2 Å². The van der Waals surface area contributed by atoms with E-state index < -0.39 is 12.1 Å². The number of aldehydes is 1. The zero-order valence-corrected chi connectivity index (χ0v) is 12.9. The number of carbonyl (C=O) groups is 2. The van der Waals surface area contributed by atoms with E-state index in [4.69, 9.17) is 9.15 Å². The van der Waals surface area contributed by atoms with Crippen molar-refractivity contribution in [2.45, 2.75) is 13.0 Å². The van der Waals surface area contributed by atoms with Gasteiger partial charge in [-0.25, -0.2) is 4.79 Å². The molecule has 0 unspecified atom stereocenters. The zero-order valence-electron chi connectivity index (χ0n) is 12.1. The molecule has 0 bridgehead atoms. The van der Waals surface area contributed by atoms with Gasteiger partial charge in [-0.1, -0.05) is 18.2 Å². The smallest absolute Gasteiger partial charge is 0.338 e. The van der Waals surface area contributed by atoms with Crippen molar-refractivity contribution < 1.29 is 18.7 Å². The predicted molar refractivity (Wildman–Crippen MR) is 83.3 cm³/mol. The van der Waals surface area contributed by atoms with Crippen molar-refractivity contribution in [3.8, 4) is 10.8 Å². The molecule has 0 saturated carbocycles. The summed E-state index contributed by atoms with van der Waals surface area (Å²) in [5.74, 6) is 0.102. The largest absolute Gasteiger partial charge is 0.449 e. The molecule has 2 heterocycles. The number of ether oxygens (including phenoxy) is 1. The van der Waals surface area contributed by atoms with E-state index in [0.717, 1.165) is 4.88 Å². The molecule has 3 aromatic rings. The first-order valence-corrected chi connectivity index (χ1v) is 7.69. The first kappa shape index (κ1) is 15.1. The van der Waals surface area contributed by atoms with E-state index in [2.05, 4.69) is 10.2 Å². The number of esters is 1. The van der Waals surface area contributed by atoms with Crippen LogP contribution in [0.25, 0.3) is 10.8 Å². The van der Waals surface area contributed by atoms with Crippen LogP contribution in [0.1, 0.15) is 39.6 Å². The Kier molecular flexibility index (Phi) is 4.29. The maximum Gasteiger partial charge on any atom is 0.338 e. The van der Waals surface area contributed by atoms with Crippen molar-refractivity contribution >= 4 is 23.6 Å². The summed E-state index contributed by atoms with van der Waals surface area (Å²) in [6.07, 6.45) is 0.0388. The molecule has 0 aliphatic heterocycles. The van der Waals surface area contributed by atoms with E-state index in [1.54, 1.807) is 19.1 Å². The number of aromatic nitrogens is 2. The van der Waals surface area contributed by atoms with Crippen molar-refractivity contribution in [1.82, 2.24) is 10.2 Å². The molecule has 0 amide bonds. The fourth-order valence-corrected chi connectivity index (χ4v) is 2.52. The molecule has 23 heavy (non-hydrogen) atoms. The SMILES string of the molecule is C[C@@H](OC(=O)c1ccc(C=O)cc1)c1nnc(-c2cccs2)o1. The summed E-state index contributed by atoms with van der Waals surface area (Å²) < 4.78 is 10.8. The molecule has 116 valence electrons. The van der Waals surface area contributed by atoms with Crippen LogP contribution in [0.3, 0.4) is 0 Å². The van der Waals surface area contributed by atoms with Gasteiger partial charge in [0.15, 0.2) is 6.10 Å². The number of rotatable bonds is 5. The number of hydrogen-bond donors (Lipinski definition) is 0. The van der Waals surface area contributed by atoms with Crippen LogP contribution < -0.4 is 0 Å². The van der Waals surface area contributed by atoms with Gasteiger partial charge >= 0.3 is 5.97 Å². The van der Waals surface area contributed by atoms with Gasteiger partial charge in [0.25, 0.3) is 11.8 Å². The standard InChI is InChI=1S/C16H12N2O4S/c1-10(14-17-18-15(22-14)13-3-2-8-23-13)21-16(20)12-6-4-11(9-19)5-7-12/h2-10H,1H3/t10-/m1/s1. The summed E-state index contributed by atoms with van der Waals surface area (Å²) in [6, 6.07) is 9.92. The summed E-state index contributed by atoms with van der Waals surface area (Å²) in [5.41, 5.74) is 0.840. The molecule has 6 nitrogen and oxygen atoms in total. The Morgan fingerprint density at radius 2 is 2.04 bits per heavy atom. The fourth-order valence-electron chi connectivity index (χ4n) is 1.88. The summed E-state index contributed by atoms with van der Waals surface area (Å²) in [7, 11) is 0. The summed E-state index contributed by atoms with van der Waals surface area (Å²) in [5, 5.41) is 9.77. The molecular formula is C16H12N2O4S. The van der Waals surface area contributed by atoms with E-state index in [1.165, 1.54) is 23.5 Å². The van der Waals surface area contributed by atoms with E-state index >= 15 is 0 Å². The molecular weight excluding hydrogens is 316 g/mol. The van der Waals surface area contributed by atoms with Crippen molar-refractivity contribution in [3.05, 3.63) is 58.8 Å². The lowest BCUT2D eigenvalue weighted by Crippen LogP contribution is -2.09. The van der Waals surface area contributed by atoms with Gasteiger partial charge in [0, 0.05) is 5.56 Å². The first-order chi connectivity index (χ1) is 11.2. The van der Waals surface area contributed by atoms with Crippen molar-refractivity contribution in [3.63, 3.8) is 0 Å². The quantitative estimate of drug-likeness (QED) is 0.526. The third-order valence-electron chi connectivity index (χ3n) is 3.09. The Bertz CT molecular complexity index is 809. The van der Waals surface area contributed by atoms with E-state index in [0.29, 0.717) is 23.3 Å². The van der Waals surface area contributed by atoms with Gasteiger partial charge in [0.2, 0.25) is 0 Å². The van der Waals surface area contributed by atoms with Crippen LogP contribution in [0, 0.1) is 0 Å². The maximum atomic E-state index is 12.1. The maximum absolute atomic E-state index is 12.1. The van der Waals surface area contributed by atoms with Crippen LogP contribution in [-0.4, -0.2) is 22.5 Å². The van der Waals surface area contributed by atoms with Crippen LogP contribution in [-0.2, 0) is 4.74 Å². The molecule has 0 N–H and O–H groups in total. The highest BCUT2D eigenvalue weighted by Gasteiger charge is 2.20. The number of benzene rings is 1. The minimum atomic E-state index is -0.672. The third-order valence-corrected chi connectivity index (χ3v) is 3.94. The second-order valence-electron chi connectivity index (χ2n) is 4.71. The highest BCUT2D eigenvalue weighted by Crippen LogP contribution is 2.26. The Labute approximate surface area is 135 Å². The predicted octanol–water partition coefficient (Wildman–Crippen LogP) is 3.53. The van der Waals surface area contributed by atoms with Gasteiger partial charge in [0.05, 0.1) is 10.4 Å². The normalized spacial score (nSPS) is 11.9. The Morgan fingerprint density at radius 1 is 1.26 bits per heavy atom. The van der Waals surface area contributed by atoms with Crippen molar-refractivity contribution in [2.24, 2.45) is 0 Å². The third kappa shape index (κ3) is 3.35. The molecule has 1 atom stereocenters. The van der Waals surface area contributed by atoms with Gasteiger partial charge < -0.3 is 9.15 Å². The lowest BCUT2D eigenvalue weighted by molar-refractivity contribution is 0.0280. The number of hydrogen-bond acceptors (Lipinski definition) is 7. The van der Waals surface area contributed by atoms with Crippen molar-refractivity contribution in [2.75, 3.05) is 0 Å². The highest BCUT2D eigenvalue weighted by molar-refractivity contribution is 7.13. The number of thiophene rings is 1. The molecule has 0 aliphatic carbocycles. The lowest BCUT2D eigenvalue weighted by atomic mass is 10.1. The van der Waals surface area contributed by atoms with E-state index in [1.807, 2.05) is 17.5 Å². The van der Waals surface area contributed by atoms with E-state index in [9.17, 15) is 9.59 Å². The van der Waals surface area contributed by atoms with Gasteiger partial charge in [-0.05, 0) is 30.5 Å². The molecule has 0 spiro atoms. The van der Waals surface area contributed by atoms with Crippen LogP contribution in [0.5, 0.6) is 0 Å². The zero-order chi connectivity index (χ0) is 16.2. The molecule has 0 radical (unpaired) electrons. The molecule has 3 rings (SSSR count). The van der Waals surface area contributed by atoms with Gasteiger partial charge in [0.1, 0.15) is 6.29 Å². The topological polar surface area (TPSA) is 82.3 Å². The Morgan fingerprint density at radius 3 is 2.70 bits per heavy atom. The monoisotopic (exact) mass is 328 g/mol. The Hall–Kier alpha value is -2.80. The highest BCUT2D eigenvalue weighted by atomic mass is 32.1. The molecule has 0 fully saturated rings. The minimum Gasteiger partial charge on any atom is -0.449 e. The van der Waals surface area contributed by atoms with Gasteiger partial charge in [-0.3, -0.25) is 4.79 Å². The number of carbonyl (C=O) groups excluding carboxylic acids is 2. The van der Waals surface area contributed by atoms with E-state index in [-0.39, 0.29) is 5.89 Å². The first-order valence-electron chi connectivity index (χ1n) is 6.81. The number of nitrogens with zero attached hydrogens (tertiary/aromatic N) is 2. The molecule has 1 aromatic carbocycles. The summed E-state index contributed by atoms with van der Waals surface area (Å²) in [4.78, 5) is 23.5. The van der Waals surface area contributed by atoms with Crippen LogP contribution >= 0.6 is 11.3 Å². The van der Waals surface area contributed by atoms with Crippen LogP contribution in [0.2, 0.25) is 0 Å². The molecule has 2 aromatic heterocycles. The molecule has 0 aliphatic rings. The average Bonchev–Trinajstić information content (AvgIpc) is 3.25. The fraction of sp³-hybridized carbons (Fsp3) is 0.125. The summed E-state index contributed by atoms with van der Waals surface area (Å²) >= 11 is 1.48.